The van der Waals surface area contributed by atoms with Crippen molar-refractivity contribution >= 4 is 23.4 Å². The second-order valence-corrected chi connectivity index (χ2v) is 4.88. The zero-order chi connectivity index (χ0) is 13.4. The van der Waals surface area contributed by atoms with E-state index < -0.39 is 0 Å². The maximum absolute atomic E-state index is 5.42. The molecule has 0 aliphatic heterocycles. The molecule has 5 nitrogen and oxygen atoms in total. The van der Waals surface area contributed by atoms with Crippen molar-refractivity contribution in [3.8, 4) is 0 Å². The molecule has 0 aromatic carbocycles. The van der Waals surface area contributed by atoms with E-state index in [0.29, 0.717) is 0 Å². The summed E-state index contributed by atoms with van der Waals surface area (Å²) in [6, 6.07) is 4.00. The molecular formula is C13H15N5S. The number of aromatic amines is 1. The molecule has 1 N–H and O–H groups in total. The quantitative estimate of drug-likeness (QED) is 0.746. The summed E-state index contributed by atoms with van der Waals surface area (Å²) in [5.74, 6) is 0. The molecule has 19 heavy (non-hydrogen) atoms. The van der Waals surface area contributed by atoms with Crippen LogP contribution in [0, 0.1) is 4.77 Å². The van der Waals surface area contributed by atoms with Gasteiger partial charge in [-0.3, -0.25) is 14.2 Å². The predicted molar refractivity (Wildman–Crippen MR) is 76.6 cm³/mol. The Labute approximate surface area is 115 Å². The van der Waals surface area contributed by atoms with E-state index in [1.807, 2.05) is 23.9 Å². The lowest BCUT2D eigenvalue weighted by molar-refractivity contribution is 0.709. The molecule has 0 atom stereocenters. The van der Waals surface area contributed by atoms with Gasteiger partial charge in [0, 0.05) is 19.4 Å². The van der Waals surface area contributed by atoms with Gasteiger partial charge in [0.25, 0.3) is 0 Å². The van der Waals surface area contributed by atoms with Crippen molar-refractivity contribution in [3.05, 3.63) is 40.6 Å². The van der Waals surface area contributed by atoms with Crippen LogP contribution in [0.5, 0.6) is 0 Å². The van der Waals surface area contributed by atoms with E-state index >= 15 is 0 Å². The number of nitrogens with one attached hydrogen (secondary N) is 1. The summed E-state index contributed by atoms with van der Waals surface area (Å²) in [6.07, 6.45) is 4.48. The highest BCUT2D eigenvalue weighted by atomic mass is 32.1. The Morgan fingerprint density at radius 2 is 2.05 bits per heavy atom. The first-order chi connectivity index (χ1) is 9.20. The molecule has 6 heteroatoms. The van der Waals surface area contributed by atoms with Gasteiger partial charge in [0.15, 0.2) is 10.4 Å². The first kappa shape index (κ1) is 12.1. The average molecular weight is 273 g/mol. The molecule has 0 saturated carbocycles. The molecule has 0 radical (unpaired) electrons. The van der Waals surface area contributed by atoms with Crippen molar-refractivity contribution < 1.29 is 0 Å². The van der Waals surface area contributed by atoms with Gasteiger partial charge in [-0.1, -0.05) is 6.92 Å². The van der Waals surface area contributed by atoms with Crippen LogP contribution in [-0.2, 0) is 20.0 Å². The Morgan fingerprint density at radius 1 is 1.32 bits per heavy atom. The fraction of sp³-hybridized carbons (Fsp3) is 0.308. The lowest BCUT2D eigenvalue weighted by Gasteiger charge is -2.04. The summed E-state index contributed by atoms with van der Waals surface area (Å²) in [5, 5.41) is 4.52. The highest BCUT2D eigenvalue weighted by Crippen LogP contribution is 2.19. The Hall–Kier alpha value is -1.95. The van der Waals surface area contributed by atoms with Gasteiger partial charge in [-0.15, -0.1) is 0 Å². The topological polar surface area (TPSA) is 51.4 Å². The number of hydrogen-bond acceptors (Lipinski definition) is 3. The number of aromatic nitrogens is 5. The SMILES string of the molecule is CCc1nn(C)c2c1[nH]c(=S)n2Cc1ccncc1. The molecule has 0 fully saturated rings. The number of hydrogen-bond donors (Lipinski definition) is 1. The molecule has 0 aliphatic rings. The van der Waals surface area contributed by atoms with Crippen molar-refractivity contribution in [3.63, 3.8) is 0 Å². The third-order valence-corrected chi connectivity index (χ3v) is 3.57. The van der Waals surface area contributed by atoms with Gasteiger partial charge in [-0.2, -0.15) is 5.10 Å². The lowest BCUT2D eigenvalue weighted by Crippen LogP contribution is -2.04. The van der Waals surface area contributed by atoms with Gasteiger partial charge >= 0.3 is 0 Å². The molecule has 3 aromatic heterocycles. The maximum Gasteiger partial charge on any atom is 0.179 e. The van der Waals surface area contributed by atoms with Crippen molar-refractivity contribution in [1.82, 2.24) is 24.3 Å². The van der Waals surface area contributed by atoms with Gasteiger partial charge in [0.05, 0.1) is 12.2 Å². The van der Waals surface area contributed by atoms with E-state index in [4.69, 9.17) is 12.2 Å². The number of imidazole rings is 1. The molecule has 0 saturated heterocycles. The van der Waals surface area contributed by atoms with E-state index in [1.165, 1.54) is 5.56 Å². The van der Waals surface area contributed by atoms with Gasteiger partial charge in [-0.05, 0) is 36.3 Å². The first-order valence-electron chi connectivity index (χ1n) is 6.24. The molecule has 0 amide bonds. The summed E-state index contributed by atoms with van der Waals surface area (Å²) < 4.78 is 4.70. The molecule has 98 valence electrons. The van der Waals surface area contributed by atoms with Crippen LogP contribution in [0.3, 0.4) is 0 Å². The van der Waals surface area contributed by atoms with Crippen LogP contribution in [0.2, 0.25) is 0 Å². The summed E-state index contributed by atoms with van der Waals surface area (Å²) in [5.41, 5.74) is 4.31. The Morgan fingerprint density at radius 3 is 2.74 bits per heavy atom. The second-order valence-electron chi connectivity index (χ2n) is 4.49. The molecule has 0 aliphatic carbocycles. The minimum Gasteiger partial charge on any atom is -0.328 e. The van der Waals surface area contributed by atoms with E-state index in [0.717, 1.165) is 34.6 Å². The highest BCUT2D eigenvalue weighted by Gasteiger charge is 2.14. The van der Waals surface area contributed by atoms with E-state index in [1.54, 1.807) is 12.4 Å². The zero-order valence-electron chi connectivity index (χ0n) is 10.9. The number of H-pyrrole nitrogens is 1. The molecule has 3 heterocycles. The molecule has 3 aromatic rings. The smallest absolute Gasteiger partial charge is 0.179 e. The highest BCUT2D eigenvalue weighted by molar-refractivity contribution is 7.71. The Kier molecular flexibility index (Phi) is 2.94. The number of pyridine rings is 1. The van der Waals surface area contributed by atoms with Crippen LogP contribution < -0.4 is 0 Å². The number of rotatable bonds is 3. The normalized spacial score (nSPS) is 11.3. The molecule has 0 spiro atoms. The Bertz CT molecular complexity index is 766. The molecule has 0 unspecified atom stereocenters. The first-order valence-corrected chi connectivity index (χ1v) is 6.64. The summed E-state index contributed by atoms with van der Waals surface area (Å²) >= 11 is 5.42. The van der Waals surface area contributed by atoms with E-state index in [2.05, 4.69) is 26.6 Å². The van der Waals surface area contributed by atoms with Crippen LogP contribution in [0.1, 0.15) is 18.2 Å². The van der Waals surface area contributed by atoms with Crippen LogP contribution >= 0.6 is 12.2 Å². The average Bonchev–Trinajstić information content (AvgIpc) is 2.90. The molecule has 3 rings (SSSR count). The van der Waals surface area contributed by atoms with Crippen molar-refractivity contribution in [1.29, 1.82) is 0 Å². The van der Waals surface area contributed by atoms with Crippen molar-refractivity contribution in [2.24, 2.45) is 7.05 Å². The van der Waals surface area contributed by atoms with Crippen LogP contribution in [-0.4, -0.2) is 24.3 Å². The van der Waals surface area contributed by atoms with Gasteiger partial charge < -0.3 is 4.98 Å². The molecule has 0 bridgehead atoms. The van der Waals surface area contributed by atoms with Crippen LogP contribution in [0.4, 0.5) is 0 Å². The van der Waals surface area contributed by atoms with Gasteiger partial charge in [0.2, 0.25) is 0 Å². The van der Waals surface area contributed by atoms with E-state index in [-0.39, 0.29) is 0 Å². The minimum absolute atomic E-state index is 0.726. The summed E-state index contributed by atoms with van der Waals surface area (Å²) in [7, 11) is 1.95. The number of fused-ring (bicyclic) bond motifs is 1. The zero-order valence-corrected chi connectivity index (χ0v) is 11.7. The summed E-state index contributed by atoms with van der Waals surface area (Å²) in [6.45, 7) is 2.82. The van der Waals surface area contributed by atoms with E-state index in [9.17, 15) is 0 Å². The summed E-state index contributed by atoms with van der Waals surface area (Å²) in [4.78, 5) is 7.30. The monoisotopic (exact) mass is 273 g/mol. The van der Waals surface area contributed by atoms with Gasteiger partial charge in [0.1, 0.15) is 5.52 Å². The fourth-order valence-corrected chi connectivity index (χ4v) is 2.60. The third kappa shape index (κ3) is 1.98. The van der Waals surface area contributed by atoms with Crippen molar-refractivity contribution in [2.45, 2.75) is 19.9 Å². The minimum atomic E-state index is 0.726. The Balaban J connectivity index is 2.16. The predicted octanol–water partition coefficient (Wildman–Crippen LogP) is 2.44. The fourth-order valence-electron chi connectivity index (χ4n) is 2.34. The largest absolute Gasteiger partial charge is 0.328 e. The number of nitrogens with zero attached hydrogens (tertiary/aromatic N) is 4. The third-order valence-electron chi connectivity index (χ3n) is 3.25. The maximum atomic E-state index is 5.42. The van der Waals surface area contributed by atoms with Crippen molar-refractivity contribution in [2.75, 3.05) is 0 Å². The van der Waals surface area contributed by atoms with Crippen LogP contribution in [0.25, 0.3) is 11.2 Å². The number of aryl methyl sites for hydroxylation is 2. The lowest BCUT2D eigenvalue weighted by atomic mass is 10.2. The van der Waals surface area contributed by atoms with Crippen LogP contribution in [0.15, 0.2) is 24.5 Å². The van der Waals surface area contributed by atoms with Gasteiger partial charge in [-0.25, -0.2) is 0 Å². The standard InChI is InChI=1S/C13H15N5S/c1-3-10-11-12(17(2)16-10)18(13(19)15-11)8-9-4-6-14-7-5-9/h4-7H,3,8H2,1-2H3,(H,15,19). The molecular weight excluding hydrogens is 258 g/mol. The second kappa shape index (κ2) is 4.62.